The predicted octanol–water partition coefficient (Wildman–Crippen LogP) is 3.31. The minimum absolute atomic E-state index is 0.0491. The van der Waals surface area contributed by atoms with Gasteiger partial charge in [-0.05, 0) is 66.0 Å². The van der Waals surface area contributed by atoms with E-state index in [1.54, 1.807) is 0 Å². The van der Waals surface area contributed by atoms with Gasteiger partial charge in [0, 0.05) is 40.1 Å². The molecule has 6 nitrogen and oxygen atoms in total. The zero-order valence-electron chi connectivity index (χ0n) is 19.5. The second-order valence-electron chi connectivity index (χ2n) is 11.5. The number of rotatable bonds is 1. The van der Waals surface area contributed by atoms with E-state index in [9.17, 15) is 9.59 Å². The minimum Gasteiger partial charge on any atom is -0.356 e. The molecule has 0 saturated carbocycles. The monoisotopic (exact) mass is 422 g/mol. The standard InChI is InChI=1S/C25H34N4O2/c1-23(2)12-15(13-24(3,4)27-23)28-14-20(30)29-19(22(28)31)11-17-16-9-7-8-10-18(16)26-21(17)25(29,5)6/h7-10,15,19,26-27H,11-14H2,1-6H3/t19-/m1/s1. The van der Waals surface area contributed by atoms with E-state index in [4.69, 9.17) is 0 Å². The SMILES string of the molecule is CC1(C)CC(N2CC(=O)N3[C@H](Cc4c([nH]c5ccccc45)C3(C)C)C2=O)CC(C)(C)N1. The number of amides is 2. The molecule has 2 saturated heterocycles. The Morgan fingerprint density at radius 3 is 2.29 bits per heavy atom. The summed E-state index contributed by atoms with van der Waals surface area (Å²) < 4.78 is 0. The molecule has 0 bridgehead atoms. The number of piperidine rings is 1. The molecule has 166 valence electrons. The number of aromatic nitrogens is 1. The zero-order chi connectivity index (χ0) is 22.3. The number of nitrogens with one attached hydrogen (secondary N) is 2. The minimum atomic E-state index is -0.553. The number of nitrogens with zero attached hydrogens (tertiary/aromatic N) is 2. The molecule has 3 aliphatic heterocycles. The molecule has 0 spiro atoms. The van der Waals surface area contributed by atoms with Gasteiger partial charge in [-0.2, -0.15) is 0 Å². The smallest absolute Gasteiger partial charge is 0.246 e. The van der Waals surface area contributed by atoms with Crippen molar-refractivity contribution in [1.82, 2.24) is 20.1 Å². The van der Waals surface area contributed by atoms with E-state index in [0.29, 0.717) is 6.42 Å². The number of aromatic amines is 1. The van der Waals surface area contributed by atoms with E-state index in [2.05, 4.69) is 64.0 Å². The van der Waals surface area contributed by atoms with Gasteiger partial charge in [-0.15, -0.1) is 0 Å². The van der Waals surface area contributed by atoms with Crippen LogP contribution in [0.2, 0.25) is 0 Å². The van der Waals surface area contributed by atoms with Crippen LogP contribution < -0.4 is 5.32 Å². The van der Waals surface area contributed by atoms with Crippen LogP contribution in [0.15, 0.2) is 24.3 Å². The number of piperazine rings is 1. The molecule has 5 rings (SSSR count). The molecule has 3 aliphatic rings. The van der Waals surface area contributed by atoms with Gasteiger partial charge in [-0.3, -0.25) is 9.59 Å². The van der Waals surface area contributed by atoms with Crippen LogP contribution >= 0.6 is 0 Å². The molecular formula is C25H34N4O2. The van der Waals surface area contributed by atoms with Crippen molar-refractivity contribution in [2.24, 2.45) is 0 Å². The molecule has 1 aromatic carbocycles. The molecule has 6 heteroatoms. The van der Waals surface area contributed by atoms with Gasteiger partial charge in [-0.1, -0.05) is 18.2 Å². The molecule has 1 atom stereocenters. The maximum atomic E-state index is 13.9. The summed E-state index contributed by atoms with van der Waals surface area (Å²) in [6, 6.07) is 7.86. The summed E-state index contributed by atoms with van der Waals surface area (Å²) in [5, 5.41) is 4.85. The third-order valence-corrected chi connectivity index (χ3v) is 7.49. The molecule has 0 unspecified atom stereocenters. The number of hydrogen-bond acceptors (Lipinski definition) is 3. The number of carbonyl (C=O) groups is 2. The van der Waals surface area contributed by atoms with E-state index in [1.807, 2.05) is 21.9 Å². The topological polar surface area (TPSA) is 68.4 Å². The summed E-state index contributed by atoms with van der Waals surface area (Å²) in [4.78, 5) is 34.7. The molecule has 2 amide bonds. The first kappa shape index (κ1) is 20.6. The Morgan fingerprint density at radius 2 is 1.61 bits per heavy atom. The van der Waals surface area contributed by atoms with Gasteiger partial charge in [0.2, 0.25) is 11.8 Å². The van der Waals surface area contributed by atoms with Gasteiger partial charge in [0.25, 0.3) is 0 Å². The van der Waals surface area contributed by atoms with Gasteiger partial charge in [0.05, 0.1) is 5.54 Å². The average molecular weight is 423 g/mol. The van der Waals surface area contributed by atoms with Crippen LogP contribution in [0, 0.1) is 0 Å². The molecule has 31 heavy (non-hydrogen) atoms. The largest absolute Gasteiger partial charge is 0.356 e. The summed E-state index contributed by atoms with van der Waals surface area (Å²) in [5.41, 5.74) is 2.59. The first-order chi connectivity index (χ1) is 14.4. The van der Waals surface area contributed by atoms with Crippen molar-refractivity contribution in [1.29, 1.82) is 0 Å². The Balaban J connectivity index is 1.54. The molecule has 2 fully saturated rings. The zero-order valence-corrected chi connectivity index (χ0v) is 19.5. The van der Waals surface area contributed by atoms with Crippen molar-refractivity contribution < 1.29 is 9.59 Å². The van der Waals surface area contributed by atoms with Crippen LogP contribution in [0.3, 0.4) is 0 Å². The molecule has 0 radical (unpaired) electrons. The highest BCUT2D eigenvalue weighted by molar-refractivity contribution is 5.98. The van der Waals surface area contributed by atoms with Gasteiger partial charge in [0.1, 0.15) is 12.6 Å². The van der Waals surface area contributed by atoms with Gasteiger partial charge >= 0.3 is 0 Å². The van der Waals surface area contributed by atoms with Crippen LogP contribution in [0.5, 0.6) is 0 Å². The van der Waals surface area contributed by atoms with Crippen molar-refractivity contribution in [3.8, 4) is 0 Å². The quantitative estimate of drug-likeness (QED) is 0.741. The molecule has 2 aromatic rings. The second kappa shape index (κ2) is 6.35. The number of carbonyl (C=O) groups excluding carboxylic acids is 2. The van der Waals surface area contributed by atoms with Gasteiger partial charge in [-0.25, -0.2) is 0 Å². The van der Waals surface area contributed by atoms with Crippen LogP contribution in [0.1, 0.15) is 65.6 Å². The third-order valence-electron chi connectivity index (χ3n) is 7.49. The van der Waals surface area contributed by atoms with Crippen LogP contribution in [0.25, 0.3) is 10.9 Å². The van der Waals surface area contributed by atoms with Crippen LogP contribution in [-0.4, -0.2) is 56.3 Å². The van der Waals surface area contributed by atoms with Crippen molar-refractivity contribution in [3.05, 3.63) is 35.5 Å². The highest BCUT2D eigenvalue weighted by atomic mass is 16.2. The summed E-state index contributed by atoms with van der Waals surface area (Å²) in [7, 11) is 0. The normalized spacial score (nSPS) is 27.4. The van der Waals surface area contributed by atoms with E-state index >= 15 is 0 Å². The van der Waals surface area contributed by atoms with E-state index in [1.165, 1.54) is 5.56 Å². The Hall–Kier alpha value is -2.34. The Bertz CT molecular complexity index is 1060. The van der Waals surface area contributed by atoms with Crippen molar-refractivity contribution in [2.75, 3.05) is 6.54 Å². The lowest BCUT2D eigenvalue weighted by Gasteiger charge is -2.55. The molecule has 1 aromatic heterocycles. The maximum Gasteiger partial charge on any atom is 0.246 e. The summed E-state index contributed by atoms with van der Waals surface area (Å²) in [5.74, 6) is 0.148. The Kier molecular flexibility index (Phi) is 4.21. The summed E-state index contributed by atoms with van der Waals surface area (Å²) >= 11 is 0. The Labute approximate surface area is 184 Å². The first-order valence-electron chi connectivity index (χ1n) is 11.4. The number of para-hydroxylation sites is 1. The average Bonchev–Trinajstić information content (AvgIpc) is 3.01. The third kappa shape index (κ3) is 3.10. The van der Waals surface area contributed by atoms with Crippen molar-refractivity contribution >= 4 is 22.7 Å². The van der Waals surface area contributed by atoms with Crippen LogP contribution in [-0.2, 0) is 21.5 Å². The maximum absolute atomic E-state index is 13.9. The fourth-order valence-electron chi connectivity index (χ4n) is 6.70. The molecule has 4 heterocycles. The van der Waals surface area contributed by atoms with Gasteiger partial charge in [0.15, 0.2) is 0 Å². The second-order valence-corrected chi connectivity index (χ2v) is 11.5. The fraction of sp³-hybridized carbons (Fsp3) is 0.600. The highest BCUT2D eigenvalue weighted by Gasteiger charge is 2.53. The molecular weight excluding hydrogens is 388 g/mol. The number of hydrogen-bond donors (Lipinski definition) is 2. The van der Waals surface area contributed by atoms with Crippen molar-refractivity contribution in [2.45, 2.75) is 89.5 Å². The number of H-pyrrole nitrogens is 1. The highest BCUT2D eigenvalue weighted by Crippen LogP contribution is 2.43. The van der Waals surface area contributed by atoms with Crippen molar-refractivity contribution in [3.63, 3.8) is 0 Å². The summed E-state index contributed by atoms with van der Waals surface area (Å²) in [6.45, 7) is 13.0. The Morgan fingerprint density at radius 1 is 0.968 bits per heavy atom. The van der Waals surface area contributed by atoms with Crippen LogP contribution in [0.4, 0.5) is 0 Å². The van der Waals surface area contributed by atoms with E-state index in [-0.39, 0.29) is 35.5 Å². The lowest BCUT2D eigenvalue weighted by atomic mass is 9.77. The first-order valence-corrected chi connectivity index (χ1v) is 11.4. The van der Waals surface area contributed by atoms with E-state index < -0.39 is 11.6 Å². The number of benzene rings is 1. The lowest BCUT2D eigenvalue weighted by Crippen LogP contribution is -2.71. The molecule has 0 aliphatic carbocycles. The number of fused-ring (bicyclic) bond motifs is 4. The predicted molar refractivity (Wildman–Crippen MR) is 122 cm³/mol. The van der Waals surface area contributed by atoms with Gasteiger partial charge < -0.3 is 20.1 Å². The van der Waals surface area contributed by atoms with E-state index in [0.717, 1.165) is 29.4 Å². The fourth-order valence-corrected chi connectivity index (χ4v) is 6.70. The lowest BCUT2D eigenvalue weighted by molar-refractivity contribution is -0.167. The summed E-state index contributed by atoms with van der Waals surface area (Å²) in [6.07, 6.45) is 2.27. The molecule has 2 N–H and O–H groups in total.